The Bertz CT molecular complexity index is 496. The van der Waals surface area contributed by atoms with Crippen LogP contribution >= 0.6 is 0 Å². The maximum absolute atomic E-state index is 12.8. The van der Waals surface area contributed by atoms with Gasteiger partial charge in [0.05, 0.1) is 17.6 Å². The van der Waals surface area contributed by atoms with Gasteiger partial charge in [-0.05, 0) is 33.3 Å². The molecule has 1 heterocycles. The van der Waals surface area contributed by atoms with Crippen LogP contribution in [0.1, 0.15) is 32.9 Å². The van der Waals surface area contributed by atoms with Crippen molar-refractivity contribution in [3.63, 3.8) is 0 Å². The summed E-state index contributed by atoms with van der Waals surface area (Å²) in [5, 5.41) is 2.63. The zero-order valence-corrected chi connectivity index (χ0v) is 11.9. The number of carbonyl (C=O) groups is 1. The van der Waals surface area contributed by atoms with Crippen LogP contribution in [0.15, 0.2) is 18.3 Å². The number of anilines is 1. The molecule has 0 spiro atoms. The molecule has 0 atom stereocenters. The average molecular weight is 281 g/mol. The van der Waals surface area contributed by atoms with E-state index in [1.165, 1.54) is 6.07 Å². The SMILES string of the molecule is CC(C)(C)OC(=O)NCCC=Cc1ncc(F)cc1N. The average Bonchev–Trinajstić information content (AvgIpc) is 2.28. The Labute approximate surface area is 118 Å². The second kappa shape index (κ2) is 6.88. The molecule has 3 N–H and O–H groups in total. The largest absolute Gasteiger partial charge is 0.444 e. The van der Waals surface area contributed by atoms with E-state index in [1.807, 2.05) is 0 Å². The lowest BCUT2D eigenvalue weighted by molar-refractivity contribution is 0.0529. The molecule has 20 heavy (non-hydrogen) atoms. The van der Waals surface area contributed by atoms with Crippen LogP contribution in [0, 0.1) is 5.82 Å². The van der Waals surface area contributed by atoms with Gasteiger partial charge in [-0.1, -0.05) is 6.08 Å². The topological polar surface area (TPSA) is 77.2 Å². The maximum atomic E-state index is 12.8. The van der Waals surface area contributed by atoms with E-state index in [2.05, 4.69) is 10.3 Å². The molecule has 6 heteroatoms. The summed E-state index contributed by atoms with van der Waals surface area (Å²) < 4.78 is 17.9. The summed E-state index contributed by atoms with van der Waals surface area (Å²) in [6.45, 7) is 5.84. The minimum atomic E-state index is -0.508. The lowest BCUT2D eigenvalue weighted by Crippen LogP contribution is -2.32. The minimum Gasteiger partial charge on any atom is -0.444 e. The van der Waals surface area contributed by atoms with Gasteiger partial charge < -0.3 is 15.8 Å². The zero-order valence-electron chi connectivity index (χ0n) is 11.9. The number of aromatic nitrogens is 1. The summed E-state index contributed by atoms with van der Waals surface area (Å²) >= 11 is 0. The summed E-state index contributed by atoms with van der Waals surface area (Å²) in [4.78, 5) is 15.2. The normalized spacial score (nSPS) is 11.6. The standard InChI is InChI=1S/C14H20FN3O2/c1-14(2,3)20-13(19)17-7-5-4-6-12-11(16)8-10(15)9-18-12/h4,6,8-9H,5,7,16H2,1-3H3,(H,17,19). The van der Waals surface area contributed by atoms with Gasteiger partial charge in [0, 0.05) is 12.6 Å². The number of hydrogen-bond acceptors (Lipinski definition) is 4. The number of nitrogens with one attached hydrogen (secondary N) is 1. The van der Waals surface area contributed by atoms with Crippen LogP contribution in [0.3, 0.4) is 0 Å². The molecule has 1 amide bonds. The molecule has 0 aliphatic rings. The van der Waals surface area contributed by atoms with E-state index in [0.717, 1.165) is 6.20 Å². The van der Waals surface area contributed by atoms with Gasteiger partial charge in [-0.3, -0.25) is 4.98 Å². The van der Waals surface area contributed by atoms with Crippen molar-refractivity contribution in [2.45, 2.75) is 32.8 Å². The van der Waals surface area contributed by atoms with E-state index >= 15 is 0 Å². The molecular weight excluding hydrogens is 261 g/mol. The van der Waals surface area contributed by atoms with Gasteiger partial charge in [0.25, 0.3) is 0 Å². The molecule has 0 radical (unpaired) electrons. The highest BCUT2D eigenvalue weighted by Gasteiger charge is 2.15. The zero-order chi connectivity index (χ0) is 15.2. The molecule has 0 fully saturated rings. The van der Waals surface area contributed by atoms with Crippen molar-refractivity contribution in [2.24, 2.45) is 0 Å². The second-order valence-corrected chi connectivity index (χ2v) is 5.25. The molecule has 0 unspecified atom stereocenters. The van der Waals surface area contributed by atoms with Crippen LogP contribution < -0.4 is 11.1 Å². The fourth-order valence-electron chi connectivity index (χ4n) is 1.37. The minimum absolute atomic E-state index is 0.279. The highest BCUT2D eigenvalue weighted by molar-refractivity contribution is 5.67. The van der Waals surface area contributed by atoms with Crippen molar-refractivity contribution in [1.29, 1.82) is 0 Å². The quantitative estimate of drug-likeness (QED) is 0.832. The molecule has 0 saturated carbocycles. The highest BCUT2D eigenvalue weighted by Crippen LogP contribution is 2.11. The third-order valence-corrected chi connectivity index (χ3v) is 2.17. The summed E-state index contributed by atoms with van der Waals surface area (Å²) in [6, 6.07) is 1.21. The number of nitrogens with two attached hydrogens (primary N) is 1. The summed E-state index contributed by atoms with van der Waals surface area (Å²) in [6.07, 6.45) is 4.73. The van der Waals surface area contributed by atoms with Gasteiger partial charge in [0.2, 0.25) is 0 Å². The molecule has 0 aliphatic carbocycles. The van der Waals surface area contributed by atoms with E-state index in [4.69, 9.17) is 10.5 Å². The van der Waals surface area contributed by atoms with Crippen LogP contribution in [-0.2, 0) is 4.74 Å². The first-order chi connectivity index (χ1) is 9.28. The Kier molecular flexibility index (Phi) is 5.49. The molecule has 110 valence electrons. The summed E-state index contributed by atoms with van der Waals surface area (Å²) in [5.74, 6) is -0.466. The van der Waals surface area contributed by atoms with Gasteiger partial charge in [-0.25, -0.2) is 9.18 Å². The second-order valence-electron chi connectivity index (χ2n) is 5.25. The Morgan fingerprint density at radius 1 is 1.55 bits per heavy atom. The number of alkyl carbamates (subject to hydrolysis) is 1. The van der Waals surface area contributed by atoms with Gasteiger partial charge in [-0.15, -0.1) is 0 Å². The third-order valence-electron chi connectivity index (χ3n) is 2.17. The van der Waals surface area contributed by atoms with Crippen molar-refractivity contribution >= 4 is 17.9 Å². The van der Waals surface area contributed by atoms with Gasteiger partial charge in [0.15, 0.2) is 0 Å². The number of halogens is 1. The number of rotatable bonds is 4. The first-order valence-corrected chi connectivity index (χ1v) is 6.32. The Hall–Kier alpha value is -2.11. The number of nitrogen functional groups attached to an aromatic ring is 1. The van der Waals surface area contributed by atoms with Gasteiger partial charge in [0.1, 0.15) is 11.4 Å². The van der Waals surface area contributed by atoms with E-state index in [9.17, 15) is 9.18 Å². The van der Waals surface area contributed by atoms with E-state index in [-0.39, 0.29) is 5.69 Å². The van der Waals surface area contributed by atoms with Crippen molar-refractivity contribution < 1.29 is 13.9 Å². The molecular formula is C14H20FN3O2. The fraction of sp³-hybridized carbons (Fsp3) is 0.429. The number of hydrogen-bond donors (Lipinski definition) is 2. The van der Waals surface area contributed by atoms with E-state index in [0.29, 0.717) is 18.7 Å². The number of amides is 1. The predicted molar refractivity (Wildman–Crippen MR) is 76.5 cm³/mol. The smallest absolute Gasteiger partial charge is 0.407 e. The molecule has 1 aromatic heterocycles. The number of nitrogens with zero attached hydrogens (tertiary/aromatic N) is 1. The first kappa shape index (κ1) is 15.9. The number of pyridine rings is 1. The molecule has 0 bridgehead atoms. The maximum Gasteiger partial charge on any atom is 0.407 e. The van der Waals surface area contributed by atoms with Crippen LogP contribution in [0.2, 0.25) is 0 Å². The van der Waals surface area contributed by atoms with Crippen molar-refractivity contribution in [2.75, 3.05) is 12.3 Å². The fourth-order valence-corrected chi connectivity index (χ4v) is 1.37. The summed E-state index contributed by atoms with van der Waals surface area (Å²) in [5.41, 5.74) is 5.89. The monoisotopic (exact) mass is 281 g/mol. The lowest BCUT2D eigenvalue weighted by atomic mass is 10.2. The predicted octanol–water partition coefficient (Wildman–Crippen LogP) is 2.73. The molecule has 0 saturated heterocycles. The number of carbonyl (C=O) groups excluding carboxylic acids is 1. The molecule has 1 rings (SSSR count). The Morgan fingerprint density at radius 3 is 2.85 bits per heavy atom. The van der Waals surface area contributed by atoms with Gasteiger partial charge in [-0.2, -0.15) is 0 Å². The number of ether oxygens (including phenoxy) is 1. The van der Waals surface area contributed by atoms with E-state index in [1.54, 1.807) is 32.9 Å². The first-order valence-electron chi connectivity index (χ1n) is 6.32. The van der Waals surface area contributed by atoms with Gasteiger partial charge >= 0.3 is 6.09 Å². The Morgan fingerprint density at radius 2 is 2.25 bits per heavy atom. The van der Waals surface area contributed by atoms with Crippen molar-refractivity contribution in [3.8, 4) is 0 Å². The van der Waals surface area contributed by atoms with Crippen molar-refractivity contribution in [3.05, 3.63) is 29.9 Å². The third kappa shape index (κ3) is 6.17. The molecule has 5 nitrogen and oxygen atoms in total. The van der Waals surface area contributed by atoms with E-state index < -0.39 is 17.5 Å². The highest BCUT2D eigenvalue weighted by atomic mass is 19.1. The van der Waals surface area contributed by atoms with Crippen molar-refractivity contribution in [1.82, 2.24) is 10.3 Å². The van der Waals surface area contributed by atoms with Crippen LogP contribution in [0.25, 0.3) is 6.08 Å². The lowest BCUT2D eigenvalue weighted by Gasteiger charge is -2.19. The van der Waals surface area contributed by atoms with Crippen LogP contribution in [-0.4, -0.2) is 23.2 Å². The molecule has 0 aliphatic heterocycles. The Balaban J connectivity index is 2.34. The molecule has 1 aromatic rings. The molecule has 0 aromatic carbocycles. The summed E-state index contributed by atoms with van der Waals surface area (Å²) in [7, 11) is 0. The van der Waals surface area contributed by atoms with Crippen LogP contribution in [0.5, 0.6) is 0 Å². The van der Waals surface area contributed by atoms with Crippen LogP contribution in [0.4, 0.5) is 14.9 Å².